The minimum Gasteiger partial charge on any atom is -0.392 e. The molecule has 7 heteroatoms. The van der Waals surface area contributed by atoms with E-state index in [9.17, 15) is 17.9 Å². The topological polar surface area (TPSA) is 57.6 Å². The number of aliphatic hydroxyl groups excluding tert-OH is 1. The third kappa shape index (κ3) is 3.39. The first-order chi connectivity index (χ1) is 9.73. The van der Waals surface area contributed by atoms with E-state index in [0.717, 1.165) is 6.07 Å². The lowest BCUT2D eigenvalue weighted by Crippen LogP contribution is -2.50. The fourth-order valence-electron chi connectivity index (χ4n) is 2.71. The van der Waals surface area contributed by atoms with Gasteiger partial charge in [0, 0.05) is 11.6 Å². The summed E-state index contributed by atoms with van der Waals surface area (Å²) in [5.41, 5.74) is 0. The van der Waals surface area contributed by atoms with E-state index >= 15 is 0 Å². The molecule has 0 saturated carbocycles. The van der Waals surface area contributed by atoms with Crippen LogP contribution in [0.1, 0.15) is 26.7 Å². The molecule has 1 aliphatic heterocycles. The van der Waals surface area contributed by atoms with Crippen molar-refractivity contribution in [2.75, 3.05) is 6.54 Å². The van der Waals surface area contributed by atoms with Crippen molar-refractivity contribution >= 4 is 21.6 Å². The molecule has 0 bridgehead atoms. The van der Waals surface area contributed by atoms with Crippen molar-refractivity contribution in [2.24, 2.45) is 5.92 Å². The highest BCUT2D eigenvalue weighted by Gasteiger charge is 2.39. The van der Waals surface area contributed by atoms with Crippen molar-refractivity contribution in [2.45, 2.75) is 43.7 Å². The van der Waals surface area contributed by atoms with Gasteiger partial charge in [-0.25, -0.2) is 12.8 Å². The van der Waals surface area contributed by atoms with E-state index in [1.54, 1.807) is 6.92 Å². The number of rotatable bonds is 3. The lowest BCUT2D eigenvalue weighted by molar-refractivity contribution is 0.0675. The van der Waals surface area contributed by atoms with Crippen LogP contribution in [0.25, 0.3) is 0 Å². The summed E-state index contributed by atoms with van der Waals surface area (Å²) < 4.78 is 40.5. The van der Waals surface area contributed by atoms with Crippen LogP contribution in [0.5, 0.6) is 0 Å². The van der Waals surface area contributed by atoms with E-state index in [1.807, 2.05) is 6.92 Å². The second-order valence-corrected chi connectivity index (χ2v) is 7.92. The zero-order valence-corrected chi connectivity index (χ0v) is 13.5. The van der Waals surface area contributed by atoms with Crippen LogP contribution in [0.4, 0.5) is 4.39 Å². The summed E-state index contributed by atoms with van der Waals surface area (Å²) in [7, 11) is -3.99. The number of piperidine rings is 1. The average molecular weight is 336 g/mol. The number of aliphatic hydroxyl groups is 1. The fourth-order valence-corrected chi connectivity index (χ4v) is 4.63. The molecule has 0 aromatic heterocycles. The van der Waals surface area contributed by atoms with Crippen LogP contribution in [0.15, 0.2) is 23.1 Å². The molecule has 1 aliphatic rings. The van der Waals surface area contributed by atoms with Crippen molar-refractivity contribution in [3.8, 4) is 0 Å². The van der Waals surface area contributed by atoms with Crippen LogP contribution in [0.3, 0.4) is 0 Å². The van der Waals surface area contributed by atoms with E-state index in [-0.39, 0.29) is 11.6 Å². The Morgan fingerprint density at radius 3 is 2.71 bits per heavy atom. The summed E-state index contributed by atoms with van der Waals surface area (Å²) in [6.07, 6.45) is 0.446. The van der Waals surface area contributed by atoms with Crippen molar-refractivity contribution in [1.29, 1.82) is 0 Å². The molecule has 0 aliphatic carbocycles. The number of hydrogen-bond donors (Lipinski definition) is 1. The lowest BCUT2D eigenvalue weighted by Gasteiger charge is -2.39. The minimum atomic E-state index is -3.99. The van der Waals surface area contributed by atoms with Gasteiger partial charge in [-0.3, -0.25) is 0 Å². The highest BCUT2D eigenvalue weighted by atomic mass is 35.5. The van der Waals surface area contributed by atoms with Gasteiger partial charge in [0.05, 0.1) is 12.1 Å². The SMILES string of the molecule is CC1CCN(S(=O)(=O)c2ccc(Cl)cc2F)C(C(C)O)C1. The summed E-state index contributed by atoms with van der Waals surface area (Å²) in [6, 6.07) is 2.97. The molecule has 1 aromatic carbocycles. The molecule has 0 radical (unpaired) electrons. The molecule has 1 saturated heterocycles. The summed E-state index contributed by atoms with van der Waals surface area (Å²) in [5, 5.41) is 10.0. The van der Waals surface area contributed by atoms with Crippen molar-refractivity contribution in [1.82, 2.24) is 4.31 Å². The first-order valence-corrected chi connectivity index (χ1v) is 8.70. The van der Waals surface area contributed by atoms with E-state index in [1.165, 1.54) is 16.4 Å². The second kappa shape index (κ2) is 6.20. The van der Waals surface area contributed by atoms with Gasteiger partial charge in [0.15, 0.2) is 0 Å². The molecular weight excluding hydrogens is 317 g/mol. The van der Waals surface area contributed by atoms with Crippen molar-refractivity contribution in [3.63, 3.8) is 0 Å². The molecule has 3 atom stereocenters. The second-order valence-electron chi connectivity index (χ2n) is 5.63. The van der Waals surface area contributed by atoms with Crippen LogP contribution in [-0.4, -0.2) is 36.5 Å². The third-order valence-electron chi connectivity index (χ3n) is 3.89. The molecular formula is C14H19ClFNO3S. The number of halogens is 2. The smallest absolute Gasteiger partial charge is 0.246 e. The van der Waals surface area contributed by atoms with Crippen LogP contribution in [0.2, 0.25) is 5.02 Å². The summed E-state index contributed by atoms with van der Waals surface area (Å²) in [6.45, 7) is 3.85. The first kappa shape index (κ1) is 16.7. The van der Waals surface area contributed by atoms with Gasteiger partial charge < -0.3 is 5.11 Å². The summed E-state index contributed by atoms with van der Waals surface area (Å²) in [5.74, 6) is -0.545. The largest absolute Gasteiger partial charge is 0.392 e. The zero-order valence-electron chi connectivity index (χ0n) is 12.0. The molecule has 3 unspecified atom stereocenters. The summed E-state index contributed by atoms with van der Waals surface area (Å²) in [4.78, 5) is -0.396. The van der Waals surface area contributed by atoms with Gasteiger partial charge in [0.1, 0.15) is 10.7 Å². The molecule has 2 rings (SSSR count). The summed E-state index contributed by atoms with van der Waals surface area (Å²) >= 11 is 5.66. The Kier molecular flexibility index (Phi) is 4.92. The van der Waals surface area contributed by atoms with Gasteiger partial charge in [-0.1, -0.05) is 18.5 Å². The van der Waals surface area contributed by atoms with Gasteiger partial charge >= 0.3 is 0 Å². The van der Waals surface area contributed by atoms with Gasteiger partial charge in [-0.15, -0.1) is 0 Å². The molecule has 21 heavy (non-hydrogen) atoms. The monoisotopic (exact) mass is 335 g/mol. The maximum absolute atomic E-state index is 14.0. The first-order valence-electron chi connectivity index (χ1n) is 6.88. The Labute approximate surface area is 129 Å². The maximum Gasteiger partial charge on any atom is 0.246 e. The Hall–Kier alpha value is -0.690. The molecule has 1 aromatic rings. The average Bonchev–Trinajstić information content (AvgIpc) is 2.37. The van der Waals surface area contributed by atoms with Gasteiger partial charge in [0.2, 0.25) is 10.0 Å². The van der Waals surface area contributed by atoms with Crippen LogP contribution in [0, 0.1) is 11.7 Å². The predicted octanol–water partition coefficient (Wildman–Crippen LogP) is 2.65. The Bertz CT molecular complexity index is 621. The van der Waals surface area contributed by atoms with Crippen LogP contribution >= 0.6 is 11.6 Å². The Balaban J connectivity index is 2.41. The number of nitrogens with zero attached hydrogens (tertiary/aromatic N) is 1. The maximum atomic E-state index is 14.0. The lowest BCUT2D eigenvalue weighted by atomic mass is 9.92. The molecule has 1 N–H and O–H groups in total. The molecule has 118 valence electrons. The Morgan fingerprint density at radius 2 is 2.14 bits per heavy atom. The molecule has 1 fully saturated rings. The van der Waals surface area contributed by atoms with Gasteiger partial charge in [-0.2, -0.15) is 4.31 Å². The number of hydrogen-bond acceptors (Lipinski definition) is 3. The standard InChI is InChI=1S/C14H19ClFNO3S/c1-9-5-6-17(13(7-9)10(2)18)21(19,20)14-4-3-11(15)8-12(14)16/h3-4,8-10,13,18H,5-7H2,1-2H3. The van der Waals surface area contributed by atoms with E-state index in [4.69, 9.17) is 11.6 Å². The molecule has 0 amide bonds. The van der Waals surface area contributed by atoms with Gasteiger partial charge in [-0.05, 0) is 43.9 Å². The third-order valence-corrected chi connectivity index (χ3v) is 6.09. The van der Waals surface area contributed by atoms with Crippen LogP contribution in [-0.2, 0) is 10.0 Å². The zero-order chi connectivity index (χ0) is 15.8. The van der Waals surface area contributed by atoms with Crippen molar-refractivity contribution in [3.05, 3.63) is 29.0 Å². The normalized spacial score (nSPS) is 25.8. The van der Waals surface area contributed by atoms with E-state index in [0.29, 0.717) is 18.8 Å². The molecule has 4 nitrogen and oxygen atoms in total. The number of benzene rings is 1. The number of sulfonamides is 1. The highest BCUT2D eigenvalue weighted by Crippen LogP contribution is 2.31. The fraction of sp³-hybridized carbons (Fsp3) is 0.571. The van der Waals surface area contributed by atoms with Gasteiger partial charge in [0.25, 0.3) is 0 Å². The molecule has 0 spiro atoms. The van der Waals surface area contributed by atoms with Crippen LogP contribution < -0.4 is 0 Å². The predicted molar refractivity (Wildman–Crippen MR) is 79.2 cm³/mol. The Morgan fingerprint density at radius 1 is 1.48 bits per heavy atom. The highest BCUT2D eigenvalue weighted by molar-refractivity contribution is 7.89. The quantitative estimate of drug-likeness (QED) is 0.923. The van der Waals surface area contributed by atoms with E-state index in [2.05, 4.69) is 0 Å². The minimum absolute atomic E-state index is 0.144. The van der Waals surface area contributed by atoms with E-state index < -0.39 is 32.9 Å². The molecule has 1 heterocycles. The van der Waals surface area contributed by atoms with Crippen molar-refractivity contribution < 1.29 is 17.9 Å².